The van der Waals surface area contributed by atoms with Crippen LogP contribution in [0.25, 0.3) is 0 Å². The Morgan fingerprint density at radius 1 is 0.0125 bits per heavy atom. The monoisotopic (exact) mass is 11100 g/mol. The normalized spacial score (nSPS) is 0. The summed E-state index contributed by atoms with van der Waals surface area (Å²) < 4.78 is 0. The fourth-order valence-corrected chi connectivity index (χ4v) is 0. The molecule has 0 rings (SSSR count). The van der Waals surface area contributed by atoms with Crippen LogP contribution in [-0.4, -0.2) is 0 Å². The smallest absolute Gasteiger partial charge is 0 e. The van der Waals surface area contributed by atoms with Crippen molar-refractivity contribution in [3.63, 3.8) is 0 Å². The Bertz CT molecular complexity index is 0. The molecule has 80 heavy (non-hydrogen) atoms. The van der Waals surface area contributed by atoms with Gasteiger partial charge in [0.25, 0.3) is 0 Å². The molecule has 0 nitrogen and oxygen atoms in total. The molecule has 0 aromatic carbocycles. The maximum atomic E-state index is 0. The molecule has 0 aliphatic heterocycles. The van der Waals surface area contributed by atoms with E-state index in [2.05, 4.69) is 0 Å². The average molecular weight is 11100 g/mol. The third-order valence-electron chi connectivity index (χ3n) is 0. The first-order valence-electron chi connectivity index (χ1n) is 0. The van der Waals surface area contributed by atoms with Gasteiger partial charge >= 0.3 is 0 Å². The Kier molecular flexibility index (Phi) is 4220. The topological polar surface area (TPSA) is 0 Å². The molecule has 0 saturated heterocycles. The molecular formula is La80. The van der Waals surface area contributed by atoms with Gasteiger partial charge in [-0.2, -0.15) is 0 Å². The first-order valence-corrected chi connectivity index (χ1v) is 0. The van der Waals surface area contributed by atoms with Gasteiger partial charge in [-0.1, -0.05) is 0 Å². The minimum Gasteiger partial charge on any atom is 0 e. The van der Waals surface area contributed by atoms with E-state index >= 15 is 0 Å². The van der Waals surface area contributed by atoms with Crippen molar-refractivity contribution < 1.29 is 2850 Å². The third-order valence-corrected chi connectivity index (χ3v) is 0. The predicted octanol–water partition coefficient (Wildman–Crippen LogP) is 0. The minimum absolute atomic E-state index is 0. The van der Waals surface area contributed by atoms with E-state index in [0.29, 0.717) is 0 Å². The fourth-order valence-electron chi connectivity index (χ4n) is 0. The van der Waals surface area contributed by atoms with Gasteiger partial charge in [-0.05, 0) is 0 Å². The van der Waals surface area contributed by atoms with Crippen molar-refractivity contribution in [3.05, 3.63) is 0 Å². The zero-order valence-electron chi connectivity index (χ0n) is 46.2. The molecular weight excluding hydrogens is 11100 g/mol. The molecule has 0 saturated carbocycles. The average Bonchev–Trinajstić information content (AvgIpc) is 0. The van der Waals surface area contributed by atoms with Gasteiger partial charge < -0.3 is 0 Å². The standard InChI is InChI=1S/80La. The van der Waals surface area contributed by atoms with Crippen molar-refractivity contribution in [2.24, 2.45) is 0 Å². The molecule has 0 aromatic rings. The van der Waals surface area contributed by atoms with E-state index in [4.69, 9.17) is 0 Å². The summed E-state index contributed by atoms with van der Waals surface area (Å²) in [4.78, 5) is 0. The summed E-state index contributed by atoms with van der Waals surface area (Å²) in [5.74, 6) is 0. The van der Waals surface area contributed by atoms with Crippen LogP contribution in [0.2, 0.25) is 0 Å². The third kappa shape index (κ3) is 566. The predicted molar refractivity (Wildman–Crippen MR) is 0 cm³/mol. The SMILES string of the molecule is [La].[La].[La].[La].[La].[La].[La].[La].[La].[La].[La].[La].[La].[La].[La].[La].[La].[La].[La].[La].[La].[La].[La].[La].[La].[La].[La].[La].[La].[La].[La].[La].[La].[La].[La].[La].[La].[La].[La].[La].[La].[La].[La].[La].[La].[La].[La].[La].[La].[La].[La].[La].[La].[La].[La].[La].[La].[La].[La].[La].[La].[La].[La].[La].[La].[La].[La].[La].[La].[La].[La].[La].[La].[La].[La].[La].[La].[La].[La].[La]. The number of rotatable bonds is 0. The van der Waals surface area contributed by atoms with Crippen LogP contribution in [0, 0.1) is 2850 Å². The van der Waals surface area contributed by atoms with Crippen molar-refractivity contribution in [1.29, 1.82) is 0 Å². The van der Waals surface area contributed by atoms with Gasteiger partial charge in [0.15, 0.2) is 0 Å². The van der Waals surface area contributed by atoms with E-state index in [-0.39, 0.29) is 2850 Å². The fraction of sp³-hybridized carbons (Fsp3) is 0. The van der Waals surface area contributed by atoms with Gasteiger partial charge in [0, 0.05) is 2850 Å². The van der Waals surface area contributed by atoms with Crippen molar-refractivity contribution in [2.75, 3.05) is 0 Å². The minimum atomic E-state index is 0. The summed E-state index contributed by atoms with van der Waals surface area (Å²) in [6.07, 6.45) is 0. The molecule has 0 N–H and O–H groups in total. The molecule has 0 aromatic heterocycles. The number of hydrogen-bond acceptors (Lipinski definition) is 0. The molecule has 80 heteroatoms. The van der Waals surface area contributed by atoms with Crippen LogP contribution in [0.4, 0.5) is 0 Å². The van der Waals surface area contributed by atoms with E-state index in [0.717, 1.165) is 0 Å². The van der Waals surface area contributed by atoms with Gasteiger partial charge in [-0.15, -0.1) is 0 Å². The molecule has 0 unspecified atom stereocenters. The molecule has 0 aliphatic rings. The second-order valence-electron chi connectivity index (χ2n) is 0. The summed E-state index contributed by atoms with van der Waals surface area (Å²) >= 11 is 0. The Hall–Kier alpha value is 95.6. The van der Waals surface area contributed by atoms with Gasteiger partial charge in [0.2, 0.25) is 0 Å². The van der Waals surface area contributed by atoms with Crippen LogP contribution < -0.4 is 0 Å². The van der Waals surface area contributed by atoms with E-state index in [1.807, 2.05) is 0 Å². The van der Waals surface area contributed by atoms with Crippen LogP contribution in [0.1, 0.15) is 0 Å². The van der Waals surface area contributed by atoms with Gasteiger partial charge in [-0.3, -0.25) is 0 Å². The summed E-state index contributed by atoms with van der Waals surface area (Å²) in [6.45, 7) is 0. The van der Waals surface area contributed by atoms with Crippen molar-refractivity contribution in [1.82, 2.24) is 0 Å². The molecule has 0 amide bonds. The molecule has 0 atom stereocenters. The Morgan fingerprint density at radius 2 is 0.0125 bits per heavy atom. The van der Waals surface area contributed by atoms with Crippen LogP contribution in [0.5, 0.6) is 0 Å². The Balaban J connectivity index is 0. The second-order valence-corrected chi connectivity index (χ2v) is 0. The van der Waals surface area contributed by atoms with Crippen molar-refractivity contribution in [2.45, 2.75) is 0 Å². The molecule has 0 bridgehead atoms. The first kappa shape index (κ1) is 586. The summed E-state index contributed by atoms with van der Waals surface area (Å²) in [5.41, 5.74) is 0. The number of hydrogen-bond donors (Lipinski definition) is 0. The maximum absolute atomic E-state index is 0. The summed E-state index contributed by atoms with van der Waals surface area (Å²) in [5, 5.41) is 0. The molecule has 0 heterocycles. The zero-order chi connectivity index (χ0) is 0. The van der Waals surface area contributed by atoms with E-state index in [1.54, 1.807) is 0 Å². The van der Waals surface area contributed by atoms with Crippen molar-refractivity contribution >= 4 is 0 Å². The van der Waals surface area contributed by atoms with E-state index < -0.39 is 0 Å². The Morgan fingerprint density at radius 3 is 0.0125 bits per heavy atom. The van der Waals surface area contributed by atoms with Crippen LogP contribution in [0.3, 0.4) is 0 Å². The van der Waals surface area contributed by atoms with Crippen LogP contribution >= 0.6 is 0 Å². The molecule has 0 fully saturated rings. The summed E-state index contributed by atoms with van der Waals surface area (Å²) in [6, 6.07) is 0. The van der Waals surface area contributed by atoms with Crippen LogP contribution in [-0.2, 0) is 0 Å². The maximum Gasteiger partial charge on any atom is 0 e. The molecule has 240 valence electrons. The first-order chi connectivity index (χ1) is 0. The largest absolute Gasteiger partial charge is 0 e. The van der Waals surface area contributed by atoms with E-state index in [9.17, 15) is 0 Å². The van der Waals surface area contributed by atoms with Crippen LogP contribution in [0.15, 0.2) is 0 Å². The Labute approximate surface area is 2730 Å². The molecule has 80 radical (unpaired) electrons. The molecule has 0 aliphatic carbocycles. The second kappa shape index (κ2) is 576. The summed E-state index contributed by atoms with van der Waals surface area (Å²) in [7, 11) is 0. The van der Waals surface area contributed by atoms with E-state index in [1.165, 1.54) is 0 Å². The van der Waals surface area contributed by atoms with Gasteiger partial charge in [0.1, 0.15) is 0 Å². The van der Waals surface area contributed by atoms with Gasteiger partial charge in [-0.25, -0.2) is 0 Å². The van der Waals surface area contributed by atoms with Gasteiger partial charge in [0.05, 0.1) is 0 Å². The zero-order valence-corrected chi connectivity index (χ0v) is 336. The molecule has 0 spiro atoms. The van der Waals surface area contributed by atoms with Crippen molar-refractivity contribution in [3.8, 4) is 0 Å². The quantitative estimate of drug-likeness (QED) is 0.321.